The summed E-state index contributed by atoms with van der Waals surface area (Å²) in [5, 5.41) is 6.79. The molecule has 0 saturated carbocycles. The number of aromatic nitrogens is 3. The Morgan fingerprint density at radius 1 is 1.38 bits per heavy atom. The molecule has 1 aromatic carbocycles. The van der Waals surface area contributed by atoms with Crippen LogP contribution in [0.15, 0.2) is 29.1 Å². The van der Waals surface area contributed by atoms with Gasteiger partial charge in [-0.1, -0.05) is 0 Å². The average Bonchev–Trinajstić information content (AvgIpc) is 3.07. The Bertz CT molecular complexity index is 967. The Balaban J connectivity index is 1.89. The zero-order valence-electron chi connectivity index (χ0n) is 13.5. The fraction of sp³-hybridized carbons (Fsp3) is 0.294. The zero-order valence-corrected chi connectivity index (χ0v) is 14.3. The van der Waals surface area contributed by atoms with E-state index in [1.165, 1.54) is 5.56 Å². The van der Waals surface area contributed by atoms with Crippen LogP contribution in [0.25, 0.3) is 21.1 Å². The van der Waals surface area contributed by atoms with E-state index in [0.29, 0.717) is 18.1 Å². The van der Waals surface area contributed by atoms with Crippen molar-refractivity contribution < 1.29 is 4.74 Å². The molecule has 4 rings (SSSR count). The normalized spacial score (nSPS) is 13.3. The van der Waals surface area contributed by atoms with Crippen LogP contribution in [0.5, 0.6) is 5.75 Å². The van der Waals surface area contributed by atoms with Crippen molar-refractivity contribution in [2.75, 3.05) is 12.3 Å². The lowest BCUT2D eigenvalue weighted by molar-refractivity contribution is 0.326. The number of anilines is 1. The number of rotatable bonds is 2. The molecule has 3 aromatic rings. The van der Waals surface area contributed by atoms with Crippen molar-refractivity contribution in [2.45, 2.75) is 26.3 Å². The summed E-state index contributed by atoms with van der Waals surface area (Å²) in [7, 11) is 0. The molecule has 0 amide bonds. The SMILES string of the molecule is CC(C)n1c(-c2cc3c(s2)-c2ccc(N)cc2OCC3)n[nH]c1=O. The third-order valence-corrected chi connectivity index (χ3v) is 5.34. The Kier molecular flexibility index (Phi) is 3.45. The van der Waals surface area contributed by atoms with Crippen LogP contribution in [0.2, 0.25) is 0 Å². The molecule has 0 atom stereocenters. The quantitative estimate of drug-likeness (QED) is 0.701. The Morgan fingerprint density at radius 2 is 2.21 bits per heavy atom. The van der Waals surface area contributed by atoms with Crippen LogP contribution in [0, 0.1) is 0 Å². The average molecular weight is 342 g/mol. The van der Waals surface area contributed by atoms with Gasteiger partial charge in [-0.05, 0) is 37.6 Å². The van der Waals surface area contributed by atoms with Gasteiger partial charge in [-0.3, -0.25) is 4.57 Å². The summed E-state index contributed by atoms with van der Waals surface area (Å²) < 4.78 is 7.52. The van der Waals surface area contributed by atoms with Crippen LogP contribution < -0.4 is 16.2 Å². The lowest BCUT2D eigenvalue weighted by Crippen LogP contribution is -2.19. The highest BCUT2D eigenvalue weighted by Crippen LogP contribution is 2.43. The van der Waals surface area contributed by atoms with Gasteiger partial charge in [-0.25, -0.2) is 9.89 Å². The lowest BCUT2D eigenvalue weighted by Gasteiger charge is -2.08. The van der Waals surface area contributed by atoms with Crippen molar-refractivity contribution in [1.82, 2.24) is 14.8 Å². The fourth-order valence-electron chi connectivity index (χ4n) is 3.03. The maximum absolute atomic E-state index is 12.0. The molecular weight excluding hydrogens is 324 g/mol. The van der Waals surface area contributed by atoms with Crippen molar-refractivity contribution in [2.24, 2.45) is 0 Å². The van der Waals surface area contributed by atoms with Gasteiger partial charge in [-0.2, -0.15) is 5.10 Å². The number of benzene rings is 1. The Labute approximate surface area is 142 Å². The number of thiophene rings is 1. The van der Waals surface area contributed by atoms with Gasteiger partial charge in [0.25, 0.3) is 0 Å². The van der Waals surface area contributed by atoms with Crippen LogP contribution in [-0.4, -0.2) is 21.4 Å². The molecule has 24 heavy (non-hydrogen) atoms. The molecular formula is C17H18N4O2S. The van der Waals surface area contributed by atoms with E-state index in [4.69, 9.17) is 10.5 Å². The molecule has 0 bridgehead atoms. The summed E-state index contributed by atoms with van der Waals surface area (Å²) in [5.41, 5.74) is 8.64. The van der Waals surface area contributed by atoms with Gasteiger partial charge in [0.15, 0.2) is 5.82 Å². The minimum absolute atomic E-state index is 0.0450. The number of nitrogens with one attached hydrogen (secondary N) is 1. The second-order valence-corrected chi connectivity index (χ2v) is 7.19. The highest BCUT2D eigenvalue weighted by molar-refractivity contribution is 7.19. The number of nitrogens with zero attached hydrogens (tertiary/aromatic N) is 2. The van der Waals surface area contributed by atoms with Crippen LogP contribution in [0.1, 0.15) is 25.5 Å². The van der Waals surface area contributed by atoms with Crippen LogP contribution in [0.3, 0.4) is 0 Å². The minimum Gasteiger partial charge on any atom is -0.492 e. The monoisotopic (exact) mass is 342 g/mol. The number of fused-ring (bicyclic) bond motifs is 3. The summed E-state index contributed by atoms with van der Waals surface area (Å²) in [5.74, 6) is 1.50. The largest absolute Gasteiger partial charge is 0.492 e. The van der Waals surface area contributed by atoms with E-state index in [1.807, 2.05) is 32.0 Å². The van der Waals surface area contributed by atoms with E-state index in [9.17, 15) is 4.79 Å². The molecule has 1 aliphatic heterocycles. The number of aromatic amines is 1. The van der Waals surface area contributed by atoms with E-state index < -0.39 is 0 Å². The van der Waals surface area contributed by atoms with Gasteiger partial charge in [0.2, 0.25) is 0 Å². The van der Waals surface area contributed by atoms with Crippen molar-refractivity contribution in [3.8, 4) is 26.9 Å². The van der Waals surface area contributed by atoms with E-state index in [2.05, 4.69) is 16.3 Å². The lowest BCUT2D eigenvalue weighted by atomic mass is 10.1. The summed E-state index contributed by atoms with van der Waals surface area (Å²) in [6, 6.07) is 7.90. The van der Waals surface area contributed by atoms with Gasteiger partial charge < -0.3 is 10.5 Å². The first-order chi connectivity index (χ1) is 11.5. The number of nitrogen functional groups attached to an aromatic ring is 1. The first kappa shape index (κ1) is 15.0. The molecule has 2 aromatic heterocycles. The molecule has 1 aliphatic rings. The summed E-state index contributed by atoms with van der Waals surface area (Å²) in [6.45, 7) is 4.56. The molecule has 0 radical (unpaired) electrons. The molecule has 3 heterocycles. The molecule has 6 nitrogen and oxygen atoms in total. The van der Waals surface area contributed by atoms with E-state index in [1.54, 1.807) is 15.9 Å². The molecule has 7 heteroatoms. The first-order valence-electron chi connectivity index (χ1n) is 7.87. The number of nitrogens with two attached hydrogens (primary N) is 1. The second kappa shape index (κ2) is 5.52. The topological polar surface area (TPSA) is 85.9 Å². The van der Waals surface area contributed by atoms with Gasteiger partial charge in [0.05, 0.1) is 11.5 Å². The molecule has 124 valence electrons. The van der Waals surface area contributed by atoms with Crippen LogP contribution in [-0.2, 0) is 6.42 Å². The predicted octanol–water partition coefficient (Wildman–Crippen LogP) is 3.06. The highest BCUT2D eigenvalue weighted by Gasteiger charge is 2.22. The highest BCUT2D eigenvalue weighted by atomic mass is 32.1. The zero-order chi connectivity index (χ0) is 16.8. The molecule has 3 N–H and O–H groups in total. The van der Waals surface area contributed by atoms with E-state index in [0.717, 1.165) is 27.5 Å². The van der Waals surface area contributed by atoms with Crippen molar-refractivity contribution in [3.05, 3.63) is 40.3 Å². The van der Waals surface area contributed by atoms with E-state index >= 15 is 0 Å². The third kappa shape index (κ3) is 2.32. The van der Waals surface area contributed by atoms with E-state index in [-0.39, 0.29) is 11.7 Å². The Hall–Kier alpha value is -2.54. The number of H-pyrrole nitrogens is 1. The smallest absolute Gasteiger partial charge is 0.343 e. The van der Waals surface area contributed by atoms with Crippen LogP contribution in [0.4, 0.5) is 5.69 Å². The first-order valence-corrected chi connectivity index (χ1v) is 8.69. The van der Waals surface area contributed by atoms with Gasteiger partial charge in [-0.15, -0.1) is 11.3 Å². The molecule has 0 saturated heterocycles. The van der Waals surface area contributed by atoms with Crippen molar-refractivity contribution in [3.63, 3.8) is 0 Å². The standard InChI is InChI=1S/C17H18N4O2S/c1-9(2)21-16(19-20-17(21)22)14-7-10-5-6-23-13-8-11(18)3-4-12(13)15(10)24-14/h3-4,7-9H,5-6,18H2,1-2H3,(H,20,22). The van der Waals surface area contributed by atoms with Crippen molar-refractivity contribution >= 4 is 17.0 Å². The predicted molar refractivity (Wildman–Crippen MR) is 95.6 cm³/mol. The maximum atomic E-state index is 12.0. The fourth-order valence-corrected chi connectivity index (χ4v) is 4.25. The van der Waals surface area contributed by atoms with Gasteiger partial charge in [0, 0.05) is 34.7 Å². The molecule has 0 unspecified atom stereocenters. The number of hydrogen-bond donors (Lipinski definition) is 2. The Morgan fingerprint density at radius 3 is 3.00 bits per heavy atom. The number of hydrogen-bond acceptors (Lipinski definition) is 5. The summed E-state index contributed by atoms with van der Waals surface area (Å²) in [4.78, 5) is 14.1. The summed E-state index contributed by atoms with van der Waals surface area (Å²) >= 11 is 1.63. The molecule has 0 aliphatic carbocycles. The number of ether oxygens (including phenoxy) is 1. The van der Waals surface area contributed by atoms with Gasteiger partial charge in [0.1, 0.15) is 5.75 Å². The molecule has 0 fully saturated rings. The third-order valence-electron chi connectivity index (χ3n) is 4.13. The van der Waals surface area contributed by atoms with Crippen LogP contribution >= 0.6 is 11.3 Å². The van der Waals surface area contributed by atoms with Gasteiger partial charge >= 0.3 is 5.69 Å². The molecule has 0 spiro atoms. The maximum Gasteiger partial charge on any atom is 0.343 e. The second-order valence-electron chi connectivity index (χ2n) is 6.14. The summed E-state index contributed by atoms with van der Waals surface area (Å²) in [6.07, 6.45) is 0.816. The minimum atomic E-state index is -0.180. The van der Waals surface area contributed by atoms with Crippen molar-refractivity contribution in [1.29, 1.82) is 0 Å².